The third-order valence-electron chi connectivity index (χ3n) is 1.50. The highest BCUT2D eigenvalue weighted by atomic mass is 16.7. The molecule has 1 unspecified atom stereocenters. The van der Waals surface area contributed by atoms with E-state index in [2.05, 4.69) is 6.58 Å². The van der Waals surface area contributed by atoms with Gasteiger partial charge in [0.1, 0.15) is 0 Å². The van der Waals surface area contributed by atoms with Crippen LogP contribution in [0, 0.1) is 0 Å². The minimum Gasteiger partial charge on any atom is -0.348 e. The van der Waals surface area contributed by atoms with Gasteiger partial charge in [0.15, 0.2) is 5.79 Å². The standard InChI is InChI=1S/C8H14O2/c1-4-5-7-6-9-8(2,3)10-7/h4,7H,1,5-6H2,2-3H3. The molecule has 2 heteroatoms. The molecule has 0 aromatic carbocycles. The van der Waals surface area contributed by atoms with Crippen LogP contribution in [0.15, 0.2) is 12.7 Å². The summed E-state index contributed by atoms with van der Waals surface area (Å²) in [5, 5.41) is 0. The molecular weight excluding hydrogens is 128 g/mol. The van der Waals surface area contributed by atoms with Gasteiger partial charge in [0.05, 0.1) is 12.7 Å². The van der Waals surface area contributed by atoms with E-state index >= 15 is 0 Å². The summed E-state index contributed by atoms with van der Waals surface area (Å²) in [7, 11) is 0. The van der Waals surface area contributed by atoms with E-state index in [-0.39, 0.29) is 11.9 Å². The zero-order valence-corrected chi connectivity index (χ0v) is 6.59. The van der Waals surface area contributed by atoms with Crippen LogP contribution in [0.5, 0.6) is 0 Å². The Morgan fingerprint density at radius 3 is 2.80 bits per heavy atom. The Bertz CT molecular complexity index is 129. The lowest BCUT2D eigenvalue weighted by atomic mass is 10.3. The SMILES string of the molecule is C=CCC1COC(C)(C)O1. The molecule has 1 heterocycles. The fourth-order valence-corrected chi connectivity index (χ4v) is 1.07. The van der Waals surface area contributed by atoms with Crippen molar-refractivity contribution in [1.29, 1.82) is 0 Å². The molecule has 0 amide bonds. The molecule has 1 aliphatic heterocycles. The van der Waals surface area contributed by atoms with Crippen LogP contribution < -0.4 is 0 Å². The van der Waals surface area contributed by atoms with E-state index in [1.807, 2.05) is 19.9 Å². The van der Waals surface area contributed by atoms with Crippen molar-refractivity contribution in [2.45, 2.75) is 32.2 Å². The molecule has 1 saturated heterocycles. The second-order valence-electron chi connectivity index (χ2n) is 2.98. The minimum atomic E-state index is -0.381. The summed E-state index contributed by atoms with van der Waals surface area (Å²) in [6.07, 6.45) is 2.95. The van der Waals surface area contributed by atoms with Gasteiger partial charge >= 0.3 is 0 Å². The van der Waals surface area contributed by atoms with Gasteiger partial charge in [-0.3, -0.25) is 0 Å². The van der Waals surface area contributed by atoms with Gasteiger partial charge in [-0.1, -0.05) is 6.08 Å². The summed E-state index contributed by atoms with van der Waals surface area (Å²) in [5.74, 6) is -0.381. The first kappa shape index (κ1) is 7.76. The smallest absolute Gasteiger partial charge is 0.163 e. The van der Waals surface area contributed by atoms with Crippen molar-refractivity contribution < 1.29 is 9.47 Å². The quantitative estimate of drug-likeness (QED) is 0.546. The summed E-state index contributed by atoms with van der Waals surface area (Å²) in [4.78, 5) is 0. The maximum absolute atomic E-state index is 5.50. The van der Waals surface area contributed by atoms with E-state index < -0.39 is 0 Å². The predicted molar refractivity (Wildman–Crippen MR) is 39.7 cm³/mol. The zero-order valence-electron chi connectivity index (χ0n) is 6.59. The molecule has 10 heavy (non-hydrogen) atoms. The molecule has 1 aliphatic rings. The average Bonchev–Trinajstić information content (AvgIpc) is 2.12. The molecule has 0 radical (unpaired) electrons. The van der Waals surface area contributed by atoms with Crippen LogP contribution >= 0.6 is 0 Å². The Hall–Kier alpha value is -0.340. The fourth-order valence-electron chi connectivity index (χ4n) is 1.07. The normalized spacial score (nSPS) is 30.4. The summed E-state index contributed by atoms with van der Waals surface area (Å²) in [6, 6.07) is 0. The average molecular weight is 142 g/mol. The van der Waals surface area contributed by atoms with Crippen molar-refractivity contribution in [3.05, 3.63) is 12.7 Å². The first-order valence-electron chi connectivity index (χ1n) is 3.57. The van der Waals surface area contributed by atoms with E-state index in [1.54, 1.807) is 0 Å². The van der Waals surface area contributed by atoms with Gasteiger partial charge in [-0.05, 0) is 20.3 Å². The van der Waals surface area contributed by atoms with Crippen LogP contribution in [0.4, 0.5) is 0 Å². The molecule has 2 nitrogen and oxygen atoms in total. The largest absolute Gasteiger partial charge is 0.348 e. The van der Waals surface area contributed by atoms with Gasteiger partial charge < -0.3 is 9.47 Å². The molecule has 58 valence electrons. The van der Waals surface area contributed by atoms with E-state index in [9.17, 15) is 0 Å². The second-order valence-corrected chi connectivity index (χ2v) is 2.98. The molecule has 0 aromatic rings. The van der Waals surface area contributed by atoms with Crippen LogP contribution in [0.1, 0.15) is 20.3 Å². The lowest BCUT2D eigenvalue weighted by Gasteiger charge is -2.16. The van der Waals surface area contributed by atoms with Gasteiger partial charge in [-0.25, -0.2) is 0 Å². The van der Waals surface area contributed by atoms with Crippen LogP contribution in [-0.2, 0) is 9.47 Å². The Morgan fingerprint density at radius 1 is 1.70 bits per heavy atom. The lowest BCUT2D eigenvalue weighted by molar-refractivity contribution is -0.137. The molecule has 1 rings (SSSR count). The first-order chi connectivity index (χ1) is 4.64. The highest BCUT2D eigenvalue weighted by Gasteiger charge is 2.31. The van der Waals surface area contributed by atoms with Gasteiger partial charge in [0.25, 0.3) is 0 Å². The highest BCUT2D eigenvalue weighted by Crippen LogP contribution is 2.23. The van der Waals surface area contributed by atoms with Crippen molar-refractivity contribution in [2.24, 2.45) is 0 Å². The van der Waals surface area contributed by atoms with Crippen LogP contribution in [-0.4, -0.2) is 18.5 Å². The molecule has 0 aromatic heterocycles. The summed E-state index contributed by atoms with van der Waals surface area (Å²) in [6.45, 7) is 8.18. The zero-order chi connectivity index (χ0) is 7.61. The maximum atomic E-state index is 5.50. The highest BCUT2D eigenvalue weighted by molar-refractivity contribution is 4.78. The topological polar surface area (TPSA) is 18.5 Å². The molecule has 1 atom stereocenters. The third kappa shape index (κ3) is 1.82. The predicted octanol–water partition coefficient (Wildman–Crippen LogP) is 1.71. The molecule has 1 fully saturated rings. The third-order valence-corrected chi connectivity index (χ3v) is 1.50. The second kappa shape index (κ2) is 2.72. The Morgan fingerprint density at radius 2 is 2.40 bits per heavy atom. The Balaban J connectivity index is 2.35. The summed E-state index contributed by atoms with van der Waals surface area (Å²) < 4.78 is 10.8. The van der Waals surface area contributed by atoms with Gasteiger partial charge in [-0.2, -0.15) is 0 Å². The van der Waals surface area contributed by atoms with Crippen molar-refractivity contribution in [2.75, 3.05) is 6.61 Å². The fraction of sp³-hybridized carbons (Fsp3) is 0.750. The number of hydrogen-bond acceptors (Lipinski definition) is 2. The lowest BCUT2D eigenvalue weighted by Crippen LogP contribution is -2.21. The first-order valence-corrected chi connectivity index (χ1v) is 3.57. The molecular formula is C8H14O2. The molecule has 0 N–H and O–H groups in total. The minimum absolute atomic E-state index is 0.215. The molecule has 0 bridgehead atoms. The van der Waals surface area contributed by atoms with E-state index in [4.69, 9.17) is 9.47 Å². The van der Waals surface area contributed by atoms with Crippen molar-refractivity contribution in [3.63, 3.8) is 0 Å². The Labute approximate surface area is 61.8 Å². The van der Waals surface area contributed by atoms with Crippen LogP contribution in [0.3, 0.4) is 0 Å². The van der Waals surface area contributed by atoms with Crippen molar-refractivity contribution in [3.8, 4) is 0 Å². The Kier molecular flexibility index (Phi) is 2.11. The molecule has 0 spiro atoms. The van der Waals surface area contributed by atoms with Gasteiger partial charge in [0, 0.05) is 0 Å². The number of ether oxygens (including phenoxy) is 2. The number of rotatable bonds is 2. The van der Waals surface area contributed by atoms with Crippen LogP contribution in [0.2, 0.25) is 0 Å². The number of hydrogen-bond donors (Lipinski definition) is 0. The molecule has 0 aliphatic carbocycles. The van der Waals surface area contributed by atoms with Crippen LogP contribution in [0.25, 0.3) is 0 Å². The van der Waals surface area contributed by atoms with E-state index in [0.29, 0.717) is 6.61 Å². The van der Waals surface area contributed by atoms with Gasteiger partial charge in [0.2, 0.25) is 0 Å². The van der Waals surface area contributed by atoms with Crippen molar-refractivity contribution in [1.82, 2.24) is 0 Å². The maximum Gasteiger partial charge on any atom is 0.163 e. The monoisotopic (exact) mass is 142 g/mol. The van der Waals surface area contributed by atoms with Crippen molar-refractivity contribution >= 4 is 0 Å². The summed E-state index contributed by atoms with van der Waals surface area (Å²) >= 11 is 0. The summed E-state index contributed by atoms with van der Waals surface area (Å²) in [5.41, 5.74) is 0. The van der Waals surface area contributed by atoms with E-state index in [0.717, 1.165) is 6.42 Å². The van der Waals surface area contributed by atoms with E-state index in [1.165, 1.54) is 0 Å². The van der Waals surface area contributed by atoms with Gasteiger partial charge in [-0.15, -0.1) is 6.58 Å². The molecule has 0 saturated carbocycles.